The molecule has 1 rings (SSSR count). The molecular formula is C5H9N3O. The average Bonchev–Trinajstić information content (AvgIpc) is 1.80. The maximum absolute atomic E-state index is 10.5. The number of amides is 2. The molecule has 0 bridgehead atoms. The Bertz CT molecular complexity index is 164. The van der Waals surface area contributed by atoms with Crippen LogP contribution in [0.15, 0.2) is 4.99 Å². The van der Waals surface area contributed by atoms with Gasteiger partial charge in [-0.2, -0.15) is 4.99 Å². The lowest BCUT2D eigenvalue weighted by atomic mass is 10.5. The van der Waals surface area contributed by atoms with Crippen LogP contribution in [0.2, 0.25) is 0 Å². The number of aliphatic imine (C=N–C) groups is 1. The van der Waals surface area contributed by atoms with Crippen molar-refractivity contribution in [3.8, 4) is 0 Å². The van der Waals surface area contributed by atoms with Gasteiger partial charge in [0.1, 0.15) is 5.84 Å². The fourth-order valence-electron chi connectivity index (χ4n) is 0.572. The first-order valence-corrected chi connectivity index (χ1v) is 2.74. The number of hydrogen-bond donors (Lipinski definition) is 1. The highest BCUT2D eigenvalue weighted by Crippen LogP contribution is 1.91. The third-order valence-corrected chi connectivity index (χ3v) is 1.28. The predicted octanol–water partition coefficient (Wildman–Crippen LogP) is 0.0173. The molecule has 0 aromatic rings. The minimum Gasteiger partial charge on any atom is -0.346 e. The second kappa shape index (κ2) is 2.05. The number of rotatable bonds is 0. The van der Waals surface area contributed by atoms with Crippen LogP contribution >= 0.6 is 0 Å². The second-order valence-corrected chi connectivity index (χ2v) is 2.00. The maximum atomic E-state index is 10.5. The standard InChI is InChI=1S/C5H9N3O/c1-4-7-5(9)6-3-8(4)2/h3H2,1-2H3,(H,6,9). The summed E-state index contributed by atoms with van der Waals surface area (Å²) in [7, 11) is 1.87. The summed E-state index contributed by atoms with van der Waals surface area (Å²) >= 11 is 0. The van der Waals surface area contributed by atoms with Gasteiger partial charge in [-0.3, -0.25) is 0 Å². The second-order valence-electron chi connectivity index (χ2n) is 2.00. The zero-order valence-corrected chi connectivity index (χ0v) is 5.51. The van der Waals surface area contributed by atoms with E-state index >= 15 is 0 Å². The lowest BCUT2D eigenvalue weighted by Crippen LogP contribution is -2.42. The van der Waals surface area contributed by atoms with Gasteiger partial charge in [0.2, 0.25) is 0 Å². The first kappa shape index (κ1) is 6.07. The third-order valence-electron chi connectivity index (χ3n) is 1.28. The molecule has 0 fully saturated rings. The van der Waals surface area contributed by atoms with Crippen molar-refractivity contribution in [1.29, 1.82) is 0 Å². The average molecular weight is 127 g/mol. The number of nitrogens with zero attached hydrogens (tertiary/aromatic N) is 2. The van der Waals surface area contributed by atoms with Gasteiger partial charge in [0.15, 0.2) is 0 Å². The number of urea groups is 1. The van der Waals surface area contributed by atoms with E-state index in [1.54, 1.807) is 6.92 Å². The van der Waals surface area contributed by atoms with Crippen molar-refractivity contribution >= 4 is 11.9 Å². The van der Waals surface area contributed by atoms with Crippen LogP contribution in [0.1, 0.15) is 6.92 Å². The van der Waals surface area contributed by atoms with Crippen molar-refractivity contribution in [1.82, 2.24) is 10.2 Å². The van der Waals surface area contributed by atoms with E-state index in [0.29, 0.717) is 6.67 Å². The number of hydrogen-bond acceptors (Lipinski definition) is 2. The monoisotopic (exact) mass is 127 g/mol. The summed E-state index contributed by atoms with van der Waals surface area (Å²) < 4.78 is 0. The van der Waals surface area contributed by atoms with E-state index in [4.69, 9.17) is 0 Å². The van der Waals surface area contributed by atoms with Crippen molar-refractivity contribution in [3.05, 3.63) is 0 Å². The van der Waals surface area contributed by atoms with Gasteiger partial charge in [-0.15, -0.1) is 0 Å². The summed E-state index contributed by atoms with van der Waals surface area (Å²) in [6.07, 6.45) is 0. The molecule has 0 aromatic carbocycles. The van der Waals surface area contributed by atoms with Crippen LogP contribution in [0, 0.1) is 0 Å². The molecule has 0 aromatic heterocycles. The van der Waals surface area contributed by atoms with Gasteiger partial charge < -0.3 is 10.2 Å². The van der Waals surface area contributed by atoms with Crippen molar-refractivity contribution < 1.29 is 4.79 Å². The molecular weight excluding hydrogens is 118 g/mol. The van der Waals surface area contributed by atoms with E-state index in [1.807, 2.05) is 11.9 Å². The number of carbonyl (C=O) groups is 1. The molecule has 1 heterocycles. The van der Waals surface area contributed by atoms with E-state index in [1.165, 1.54) is 0 Å². The Morgan fingerprint density at radius 1 is 1.78 bits per heavy atom. The largest absolute Gasteiger partial charge is 0.346 e. The molecule has 2 amide bonds. The van der Waals surface area contributed by atoms with Crippen molar-refractivity contribution in [2.75, 3.05) is 13.7 Å². The van der Waals surface area contributed by atoms with Gasteiger partial charge in [-0.1, -0.05) is 0 Å². The van der Waals surface area contributed by atoms with E-state index in [0.717, 1.165) is 5.84 Å². The molecule has 0 saturated heterocycles. The minimum atomic E-state index is -0.245. The predicted molar refractivity (Wildman–Crippen MR) is 34.3 cm³/mol. The molecule has 9 heavy (non-hydrogen) atoms. The van der Waals surface area contributed by atoms with Crippen LogP contribution in [0.25, 0.3) is 0 Å². The fourth-order valence-corrected chi connectivity index (χ4v) is 0.572. The van der Waals surface area contributed by atoms with E-state index in [-0.39, 0.29) is 6.03 Å². The van der Waals surface area contributed by atoms with E-state index in [2.05, 4.69) is 10.3 Å². The minimum absolute atomic E-state index is 0.245. The van der Waals surface area contributed by atoms with Crippen LogP contribution in [-0.2, 0) is 0 Å². The van der Waals surface area contributed by atoms with Gasteiger partial charge in [-0.25, -0.2) is 4.79 Å². The molecule has 0 atom stereocenters. The smallest absolute Gasteiger partial charge is 0.343 e. The summed E-state index contributed by atoms with van der Waals surface area (Å²) in [4.78, 5) is 16.0. The Hall–Kier alpha value is -1.06. The summed E-state index contributed by atoms with van der Waals surface area (Å²) in [6.45, 7) is 2.37. The van der Waals surface area contributed by atoms with Gasteiger partial charge in [0.25, 0.3) is 0 Å². The lowest BCUT2D eigenvalue weighted by Gasteiger charge is -2.22. The SMILES string of the molecule is CC1=NC(=O)NCN1C. The third kappa shape index (κ3) is 1.19. The summed E-state index contributed by atoms with van der Waals surface area (Å²) in [6, 6.07) is -0.245. The lowest BCUT2D eigenvalue weighted by molar-refractivity contribution is 0.242. The Morgan fingerprint density at radius 3 is 2.89 bits per heavy atom. The van der Waals surface area contributed by atoms with E-state index < -0.39 is 0 Å². The molecule has 0 saturated carbocycles. The number of nitrogens with one attached hydrogen (secondary N) is 1. The van der Waals surface area contributed by atoms with Crippen LogP contribution in [-0.4, -0.2) is 30.5 Å². The molecule has 4 nitrogen and oxygen atoms in total. The molecule has 1 N–H and O–H groups in total. The molecule has 0 aliphatic carbocycles. The zero-order chi connectivity index (χ0) is 6.85. The Morgan fingerprint density at radius 2 is 2.44 bits per heavy atom. The highest BCUT2D eigenvalue weighted by Gasteiger charge is 2.09. The molecule has 50 valence electrons. The molecule has 1 aliphatic heterocycles. The first-order valence-electron chi connectivity index (χ1n) is 2.74. The molecule has 0 spiro atoms. The normalized spacial score (nSPS) is 19.1. The van der Waals surface area contributed by atoms with Gasteiger partial charge >= 0.3 is 6.03 Å². The van der Waals surface area contributed by atoms with Crippen molar-refractivity contribution in [3.63, 3.8) is 0 Å². The topological polar surface area (TPSA) is 44.7 Å². The van der Waals surface area contributed by atoms with Crippen molar-refractivity contribution in [2.45, 2.75) is 6.92 Å². The molecule has 0 unspecified atom stereocenters. The Balaban J connectivity index is 2.72. The van der Waals surface area contributed by atoms with Crippen LogP contribution in [0.3, 0.4) is 0 Å². The van der Waals surface area contributed by atoms with Crippen LogP contribution < -0.4 is 5.32 Å². The van der Waals surface area contributed by atoms with Crippen LogP contribution in [0.5, 0.6) is 0 Å². The molecule has 1 aliphatic rings. The summed E-state index contributed by atoms with van der Waals surface area (Å²) in [5.74, 6) is 0.763. The quantitative estimate of drug-likeness (QED) is 0.498. The van der Waals surface area contributed by atoms with E-state index in [9.17, 15) is 4.79 Å². The van der Waals surface area contributed by atoms with Gasteiger partial charge in [-0.05, 0) is 6.92 Å². The maximum Gasteiger partial charge on any atom is 0.343 e. The summed E-state index contributed by atoms with van der Waals surface area (Å²) in [5, 5.41) is 2.56. The van der Waals surface area contributed by atoms with Crippen molar-refractivity contribution in [2.24, 2.45) is 4.99 Å². The fraction of sp³-hybridized carbons (Fsp3) is 0.600. The Kier molecular flexibility index (Phi) is 1.38. The highest BCUT2D eigenvalue weighted by molar-refractivity contribution is 5.94. The highest BCUT2D eigenvalue weighted by atomic mass is 16.2. The van der Waals surface area contributed by atoms with Crippen LogP contribution in [0.4, 0.5) is 4.79 Å². The van der Waals surface area contributed by atoms with Gasteiger partial charge in [0.05, 0.1) is 6.67 Å². The van der Waals surface area contributed by atoms with Gasteiger partial charge in [0, 0.05) is 7.05 Å². The molecule has 0 radical (unpaired) electrons. The number of carbonyl (C=O) groups excluding carboxylic acids is 1. The first-order chi connectivity index (χ1) is 4.20. The zero-order valence-electron chi connectivity index (χ0n) is 5.51. The Labute approximate surface area is 53.6 Å². The molecule has 4 heteroatoms. The number of amidine groups is 1. The summed E-state index contributed by atoms with van der Waals surface area (Å²) in [5.41, 5.74) is 0.